The Labute approximate surface area is 84.4 Å². The van der Waals surface area contributed by atoms with Crippen molar-refractivity contribution in [3.63, 3.8) is 0 Å². The van der Waals surface area contributed by atoms with E-state index in [1.54, 1.807) is 0 Å². The molecule has 0 heterocycles. The lowest BCUT2D eigenvalue weighted by Crippen LogP contribution is -2.29. The summed E-state index contributed by atoms with van der Waals surface area (Å²) >= 11 is 0. The van der Waals surface area contributed by atoms with Crippen LogP contribution in [0.15, 0.2) is 0 Å². The second kappa shape index (κ2) is 3.87. The van der Waals surface area contributed by atoms with Gasteiger partial charge in [-0.15, -0.1) is 0 Å². The topological polar surface area (TPSA) is 72.5 Å². The van der Waals surface area contributed by atoms with Gasteiger partial charge >= 0.3 is 5.97 Å². The van der Waals surface area contributed by atoms with Crippen LogP contribution in [0.1, 0.15) is 33.6 Å². The minimum atomic E-state index is -0.562. The molecule has 0 unspecified atom stereocenters. The predicted octanol–water partition coefficient (Wildman–Crippen LogP) is 0.426. The summed E-state index contributed by atoms with van der Waals surface area (Å²) in [6.45, 7) is 5.49. The third-order valence-electron chi connectivity index (χ3n) is 2.32. The van der Waals surface area contributed by atoms with Crippen LogP contribution in [0.4, 0.5) is 0 Å². The summed E-state index contributed by atoms with van der Waals surface area (Å²) < 4.78 is 5.21. The largest absolute Gasteiger partial charge is 0.460 e. The first-order valence-electron chi connectivity index (χ1n) is 4.96. The molecule has 1 rings (SSSR count). The molecule has 82 valence electrons. The van der Waals surface area contributed by atoms with Crippen molar-refractivity contribution in [3.8, 4) is 0 Å². The fraction of sp³-hybridized carbons (Fsp3) is 0.900. The Balaban J connectivity index is 2.48. The first-order valence-corrected chi connectivity index (χ1v) is 4.96. The van der Waals surface area contributed by atoms with Crippen LogP contribution in [-0.4, -0.2) is 28.8 Å². The number of hydrogen-bond donors (Lipinski definition) is 2. The van der Waals surface area contributed by atoms with E-state index in [0.29, 0.717) is 12.8 Å². The Morgan fingerprint density at radius 2 is 2.00 bits per heavy atom. The highest BCUT2D eigenvalue weighted by Gasteiger charge is 2.36. The van der Waals surface area contributed by atoms with Crippen LogP contribution < -0.4 is 5.73 Å². The second-order valence-electron chi connectivity index (χ2n) is 4.93. The van der Waals surface area contributed by atoms with Gasteiger partial charge in [0.2, 0.25) is 0 Å². The van der Waals surface area contributed by atoms with Gasteiger partial charge in [-0.05, 0) is 33.6 Å². The van der Waals surface area contributed by atoms with Gasteiger partial charge < -0.3 is 15.6 Å². The number of rotatable bonds is 1. The molecule has 1 saturated carbocycles. The van der Waals surface area contributed by atoms with Crippen LogP contribution in [0, 0.1) is 5.92 Å². The van der Waals surface area contributed by atoms with Gasteiger partial charge in [0.1, 0.15) is 5.60 Å². The van der Waals surface area contributed by atoms with Gasteiger partial charge in [0.25, 0.3) is 0 Å². The highest BCUT2D eigenvalue weighted by atomic mass is 16.6. The van der Waals surface area contributed by atoms with Gasteiger partial charge in [-0.2, -0.15) is 0 Å². The molecule has 3 atom stereocenters. The molecule has 3 N–H and O–H groups in total. The Morgan fingerprint density at radius 3 is 2.36 bits per heavy atom. The maximum atomic E-state index is 11.6. The number of aliphatic hydroxyl groups excluding tert-OH is 1. The Kier molecular flexibility index (Phi) is 3.17. The molecule has 1 aliphatic rings. The summed E-state index contributed by atoms with van der Waals surface area (Å²) in [4.78, 5) is 11.6. The molecule has 4 nitrogen and oxygen atoms in total. The molecular weight excluding hydrogens is 182 g/mol. The summed E-state index contributed by atoms with van der Waals surface area (Å²) in [5, 5.41) is 9.38. The first kappa shape index (κ1) is 11.5. The molecule has 14 heavy (non-hydrogen) atoms. The van der Waals surface area contributed by atoms with E-state index in [1.807, 2.05) is 20.8 Å². The van der Waals surface area contributed by atoms with E-state index in [-0.39, 0.29) is 17.9 Å². The number of hydrogen-bond acceptors (Lipinski definition) is 4. The van der Waals surface area contributed by atoms with E-state index < -0.39 is 11.7 Å². The number of aliphatic hydroxyl groups is 1. The lowest BCUT2D eigenvalue weighted by Gasteiger charge is -2.21. The van der Waals surface area contributed by atoms with Crippen LogP contribution in [-0.2, 0) is 9.53 Å². The molecule has 0 aromatic rings. The van der Waals surface area contributed by atoms with Crippen molar-refractivity contribution in [2.45, 2.75) is 51.4 Å². The summed E-state index contributed by atoms with van der Waals surface area (Å²) in [6, 6.07) is -0.285. The molecule has 0 spiro atoms. The van der Waals surface area contributed by atoms with E-state index in [0.717, 1.165) is 0 Å². The van der Waals surface area contributed by atoms with Crippen LogP contribution in [0.25, 0.3) is 0 Å². The number of carbonyl (C=O) groups is 1. The van der Waals surface area contributed by atoms with E-state index in [2.05, 4.69) is 0 Å². The van der Waals surface area contributed by atoms with Gasteiger partial charge in [-0.25, -0.2) is 0 Å². The van der Waals surface area contributed by atoms with E-state index in [9.17, 15) is 9.90 Å². The average molecular weight is 201 g/mol. The molecule has 0 bridgehead atoms. The van der Waals surface area contributed by atoms with Crippen LogP contribution in [0.3, 0.4) is 0 Å². The predicted molar refractivity (Wildman–Crippen MR) is 52.6 cm³/mol. The molecule has 1 fully saturated rings. The quantitative estimate of drug-likeness (QED) is 0.603. The fourth-order valence-electron chi connectivity index (χ4n) is 1.63. The maximum Gasteiger partial charge on any atom is 0.309 e. The molecule has 0 aromatic carbocycles. The number of esters is 1. The van der Waals surface area contributed by atoms with Crippen molar-refractivity contribution >= 4 is 5.97 Å². The van der Waals surface area contributed by atoms with Crippen LogP contribution in [0.2, 0.25) is 0 Å². The normalized spacial score (nSPS) is 33.1. The highest BCUT2D eigenvalue weighted by molar-refractivity contribution is 5.73. The standard InChI is InChI=1S/C10H19NO3/c1-10(2,3)14-9(13)6-4-7(11)8(12)5-6/h6-8,12H,4-5,11H2,1-3H3/t6-,7+,8-/m1/s1. The zero-order chi connectivity index (χ0) is 10.9. The SMILES string of the molecule is CC(C)(C)OC(=O)[C@H]1C[C@@H](O)[C@@H](N)C1. The number of ether oxygens (including phenoxy) is 1. The van der Waals surface area contributed by atoms with Crippen molar-refractivity contribution in [2.24, 2.45) is 11.7 Å². The number of carbonyl (C=O) groups excluding carboxylic acids is 1. The summed E-state index contributed by atoms with van der Waals surface area (Å²) in [6.07, 6.45) is 0.388. The van der Waals surface area contributed by atoms with E-state index in [4.69, 9.17) is 10.5 Å². The molecule has 0 amide bonds. The molecular formula is C10H19NO3. The monoisotopic (exact) mass is 201 g/mol. The zero-order valence-corrected chi connectivity index (χ0v) is 8.99. The van der Waals surface area contributed by atoms with Crippen LogP contribution in [0.5, 0.6) is 0 Å². The third-order valence-corrected chi connectivity index (χ3v) is 2.32. The van der Waals surface area contributed by atoms with Crippen molar-refractivity contribution in [3.05, 3.63) is 0 Å². The van der Waals surface area contributed by atoms with Gasteiger partial charge in [0.15, 0.2) is 0 Å². The lowest BCUT2D eigenvalue weighted by atomic mass is 10.1. The third kappa shape index (κ3) is 2.96. The van der Waals surface area contributed by atoms with E-state index in [1.165, 1.54) is 0 Å². The Bertz CT molecular complexity index is 212. The van der Waals surface area contributed by atoms with Crippen LogP contribution >= 0.6 is 0 Å². The van der Waals surface area contributed by atoms with Crippen molar-refractivity contribution in [1.82, 2.24) is 0 Å². The Hall–Kier alpha value is -0.610. The smallest absolute Gasteiger partial charge is 0.309 e. The lowest BCUT2D eigenvalue weighted by molar-refractivity contribution is -0.160. The fourth-order valence-corrected chi connectivity index (χ4v) is 1.63. The summed E-state index contributed by atoms with van der Waals surface area (Å²) in [7, 11) is 0. The average Bonchev–Trinajstić information content (AvgIpc) is 2.28. The highest BCUT2D eigenvalue weighted by Crippen LogP contribution is 2.27. The minimum Gasteiger partial charge on any atom is -0.460 e. The first-order chi connectivity index (χ1) is 6.29. The van der Waals surface area contributed by atoms with Gasteiger partial charge in [-0.3, -0.25) is 4.79 Å². The number of nitrogens with two attached hydrogens (primary N) is 1. The van der Waals surface area contributed by atoms with Crippen molar-refractivity contribution in [1.29, 1.82) is 0 Å². The summed E-state index contributed by atoms with van der Waals surface area (Å²) in [5.74, 6) is -0.483. The Morgan fingerprint density at radius 1 is 1.43 bits per heavy atom. The van der Waals surface area contributed by atoms with Crippen molar-refractivity contribution < 1.29 is 14.6 Å². The molecule has 4 heteroatoms. The molecule has 1 aliphatic carbocycles. The van der Waals surface area contributed by atoms with Crippen molar-refractivity contribution in [2.75, 3.05) is 0 Å². The molecule has 0 aromatic heterocycles. The molecule has 0 radical (unpaired) electrons. The second-order valence-corrected chi connectivity index (χ2v) is 4.93. The molecule has 0 aliphatic heterocycles. The zero-order valence-electron chi connectivity index (χ0n) is 8.99. The van der Waals surface area contributed by atoms with E-state index >= 15 is 0 Å². The van der Waals surface area contributed by atoms with Gasteiger partial charge in [0, 0.05) is 6.04 Å². The summed E-state index contributed by atoms with van der Waals surface area (Å²) in [5.41, 5.74) is 5.15. The molecule has 0 saturated heterocycles. The maximum absolute atomic E-state index is 11.6. The van der Waals surface area contributed by atoms with Gasteiger partial charge in [0.05, 0.1) is 12.0 Å². The van der Waals surface area contributed by atoms with Gasteiger partial charge in [-0.1, -0.05) is 0 Å². The minimum absolute atomic E-state index is 0.237.